The first-order valence-electron chi connectivity index (χ1n) is 5.24. The number of ether oxygens (including phenoxy) is 1. The molecule has 1 heterocycles. The first kappa shape index (κ1) is 10.0. The lowest BCUT2D eigenvalue weighted by Gasteiger charge is -2.29. The summed E-state index contributed by atoms with van der Waals surface area (Å²) >= 11 is 0. The lowest BCUT2D eigenvalue weighted by atomic mass is 9.79. The van der Waals surface area contributed by atoms with Crippen molar-refractivity contribution in [2.24, 2.45) is 17.8 Å². The zero-order chi connectivity index (χ0) is 9.14. The van der Waals surface area contributed by atoms with Crippen LogP contribution in [0.15, 0.2) is 0 Å². The SMILES string of the molecule is CC(C)C1C(C)CCCOC1C. The van der Waals surface area contributed by atoms with Gasteiger partial charge in [0.2, 0.25) is 0 Å². The van der Waals surface area contributed by atoms with Crippen LogP contribution < -0.4 is 0 Å². The lowest BCUT2D eigenvalue weighted by molar-refractivity contribution is 0.0119. The molecule has 1 fully saturated rings. The minimum Gasteiger partial charge on any atom is -0.378 e. The lowest BCUT2D eigenvalue weighted by Crippen LogP contribution is -2.28. The maximum absolute atomic E-state index is 5.75. The van der Waals surface area contributed by atoms with Gasteiger partial charge in [-0.2, -0.15) is 0 Å². The first-order valence-corrected chi connectivity index (χ1v) is 5.24. The Kier molecular flexibility index (Phi) is 3.57. The van der Waals surface area contributed by atoms with Crippen LogP contribution in [0.3, 0.4) is 0 Å². The van der Waals surface area contributed by atoms with Gasteiger partial charge >= 0.3 is 0 Å². The fourth-order valence-electron chi connectivity index (χ4n) is 2.64. The molecule has 0 aliphatic carbocycles. The third-order valence-electron chi connectivity index (χ3n) is 3.15. The molecule has 0 aromatic rings. The summed E-state index contributed by atoms with van der Waals surface area (Å²) in [7, 11) is 0. The van der Waals surface area contributed by atoms with Crippen LogP contribution in [-0.4, -0.2) is 12.7 Å². The van der Waals surface area contributed by atoms with Crippen LogP contribution in [0.2, 0.25) is 0 Å². The van der Waals surface area contributed by atoms with Crippen molar-refractivity contribution in [3.63, 3.8) is 0 Å². The monoisotopic (exact) mass is 170 g/mol. The van der Waals surface area contributed by atoms with E-state index in [4.69, 9.17) is 4.74 Å². The van der Waals surface area contributed by atoms with Crippen molar-refractivity contribution in [3.05, 3.63) is 0 Å². The maximum atomic E-state index is 5.75. The zero-order valence-electron chi connectivity index (χ0n) is 8.84. The average Bonchev–Trinajstić information content (AvgIpc) is 2.11. The molecule has 1 aliphatic rings. The van der Waals surface area contributed by atoms with Crippen molar-refractivity contribution in [3.8, 4) is 0 Å². The Bertz CT molecular complexity index is 119. The van der Waals surface area contributed by atoms with E-state index in [0.717, 1.165) is 24.4 Å². The van der Waals surface area contributed by atoms with Crippen molar-refractivity contribution in [2.45, 2.75) is 46.6 Å². The Morgan fingerprint density at radius 2 is 1.92 bits per heavy atom. The van der Waals surface area contributed by atoms with E-state index in [1.54, 1.807) is 0 Å². The van der Waals surface area contributed by atoms with E-state index in [9.17, 15) is 0 Å². The molecule has 1 aliphatic heterocycles. The summed E-state index contributed by atoms with van der Waals surface area (Å²) in [6, 6.07) is 0. The topological polar surface area (TPSA) is 9.23 Å². The second kappa shape index (κ2) is 4.27. The van der Waals surface area contributed by atoms with Crippen LogP contribution in [0, 0.1) is 17.8 Å². The highest BCUT2D eigenvalue weighted by atomic mass is 16.5. The smallest absolute Gasteiger partial charge is 0.0580 e. The highest BCUT2D eigenvalue weighted by Gasteiger charge is 2.28. The minimum atomic E-state index is 0.461. The fourth-order valence-corrected chi connectivity index (χ4v) is 2.64. The minimum absolute atomic E-state index is 0.461. The van der Waals surface area contributed by atoms with Crippen molar-refractivity contribution in [2.75, 3.05) is 6.61 Å². The summed E-state index contributed by atoms with van der Waals surface area (Å²) in [5.41, 5.74) is 0. The molecular formula is C11H22O. The largest absolute Gasteiger partial charge is 0.378 e. The first-order chi connectivity index (χ1) is 5.63. The molecule has 1 heteroatoms. The molecule has 0 saturated carbocycles. The molecule has 72 valence electrons. The summed E-state index contributed by atoms with van der Waals surface area (Å²) in [4.78, 5) is 0. The summed E-state index contributed by atoms with van der Waals surface area (Å²) in [6.07, 6.45) is 3.05. The molecule has 0 N–H and O–H groups in total. The quantitative estimate of drug-likeness (QED) is 0.587. The van der Waals surface area contributed by atoms with Crippen molar-refractivity contribution in [1.29, 1.82) is 0 Å². The Morgan fingerprint density at radius 3 is 2.50 bits per heavy atom. The molecule has 3 atom stereocenters. The predicted octanol–water partition coefficient (Wildman–Crippen LogP) is 3.09. The molecule has 0 spiro atoms. The van der Waals surface area contributed by atoms with E-state index in [-0.39, 0.29) is 0 Å². The normalized spacial score (nSPS) is 38.2. The number of rotatable bonds is 1. The van der Waals surface area contributed by atoms with E-state index in [0.29, 0.717) is 6.10 Å². The summed E-state index contributed by atoms with van der Waals surface area (Å²) in [5.74, 6) is 2.35. The van der Waals surface area contributed by atoms with Crippen LogP contribution in [0.1, 0.15) is 40.5 Å². The molecule has 0 aromatic heterocycles. The number of hydrogen-bond acceptors (Lipinski definition) is 1. The molecule has 0 radical (unpaired) electrons. The van der Waals surface area contributed by atoms with Crippen LogP contribution in [0.5, 0.6) is 0 Å². The Morgan fingerprint density at radius 1 is 1.25 bits per heavy atom. The zero-order valence-corrected chi connectivity index (χ0v) is 8.84. The van der Waals surface area contributed by atoms with Gasteiger partial charge in [-0.25, -0.2) is 0 Å². The van der Waals surface area contributed by atoms with Crippen LogP contribution in [-0.2, 0) is 4.74 Å². The molecule has 12 heavy (non-hydrogen) atoms. The van der Waals surface area contributed by atoms with Gasteiger partial charge < -0.3 is 4.74 Å². The van der Waals surface area contributed by atoms with Crippen molar-refractivity contribution in [1.82, 2.24) is 0 Å². The second-order valence-corrected chi connectivity index (χ2v) is 4.52. The Balaban J connectivity index is 2.61. The highest BCUT2D eigenvalue weighted by molar-refractivity contribution is 4.77. The molecule has 1 saturated heterocycles. The van der Waals surface area contributed by atoms with E-state index in [1.165, 1.54) is 12.8 Å². The molecule has 1 rings (SSSR count). The number of hydrogen-bond donors (Lipinski definition) is 0. The third kappa shape index (κ3) is 2.22. The molecule has 0 bridgehead atoms. The second-order valence-electron chi connectivity index (χ2n) is 4.52. The van der Waals surface area contributed by atoms with Gasteiger partial charge in [0.05, 0.1) is 6.10 Å². The fraction of sp³-hybridized carbons (Fsp3) is 1.00. The maximum Gasteiger partial charge on any atom is 0.0580 e. The average molecular weight is 170 g/mol. The van der Waals surface area contributed by atoms with Crippen LogP contribution >= 0.6 is 0 Å². The predicted molar refractivity (Wildman–Crippen MR) is 52.1 cm³/mol. The molecule has 3 unspecified atom stereocenters. The van der Waals surface area contributed by atoms with E-state index < -0.39 is 0 Å². The van der Waals surface area contributed by atoms with Crippen LogP contribution in [0.4, 0.5) is 0 Å². The molecule has 0 aromatic carbocycles. The summed E-state index contributed by atoms with van der Waals surface area (Å²) in [5, 5.41) is 0. The summed E-state index contributed by atoms with van der Waals surface area (Å²) < 4.78 is 5.75. The van der Waals surface area contributed by atoms with Gasteiger partial charge in [-0.15, -0.1) is 0 Å². The molecule has 1 nitrogen and oxygen atoms in total. The highest BCUT2D eigenvalue weighted by Crippen LogP contribution is 2.31. The Hall–Kier alpha value is -0.0400. The van der Waals surface area contributed by atoms with Gasteiger partial charge in [0.1, 0.15) is 0 Å². The standard InChI is InChI=1S/C11H22O/c1-8(2)11-9(3)6-5-7-12-10(11)4/h8-11H,5-7H2,1-4H3. The van der Waals surface area contributed by atoms with Gasteiger partial charge in [-0.05, 0) is 37.5 Å². The third-order valence-corrected chi connectivity index (χ3v) is 3.15. The summed E-state index contributed by atoms with van der Waals surface area (Å²) in [6.45, 7) is 10.2. The Labute approximate surface area is 76.5 Å². The van der Waals surface area contributed by atoms with E-state index in [1.807, 2.05) is 0 Å². The molecule has 0 amide bonds. The van der Waals surface area contributed by atoms with Crippen molar-refractivity contribution >= 4 is 0 Å². The van der Waals surface area contributed by atoms with E-state index >= 15 is 0 Å². The van der Waals surface area contributed by atoms with Gasteiger partial charge in [0.25, 0.3) is 0 Å². The van der Waals surface area contributed by atoms with Gasteiger partial charge in [0.15, 0.2) is 0 Å². The van der Waals surface area contributed by atoms with Gasteiger partial charge in [-0.3, -0.25) is 0 Å². The van der Waals surface area contributed by atoms with Crippen LogP contribution in [0.25, 0.3) is 0 Å². The van der Waals surface area contributed by atoms with E-state index in [2.05, 4.69) is 27.7 Å². The van der Waals surface area contributed by atoms with Crippen molar-refractivity contribution < 1.29 is 4.74 Å². The molecular weight excluding hydrogens is 148 g/mol. The van der Waals surface area contributed by atoms with Gasteiger partial charge in [-0.1, -0.05) is 20.8 Å². The van der Waals surface area contributed by atoms with Gasteiger partial charge in [0, 0.05) is 6.61 Å².